The summed E-state index contributed by atoms with van der Waals surface area (Å²) in [4.78, 5) is 0. The van der Waals surface area contributed by atoms with E-state index in [2.05, 4.69) is 0 Å². The number of phenolic OH excluding ortho intramolecular Hbond substituents is 9. The van der Waals surface area contributed by atoms with E-state index in [9.17, 15) is 46.0 Å². The van der Waals surface area contributed by atoms with E-state index < -0.39 is 36.1 Å². The third-order valence-corrected chi connectivity index (χ3v) is 13.0. The fraction of sp³-hybridized carbons (Fsp3) is 0.107. The molecule has 3 aliphatic heterocycles. The number of fused-ring (bicyclic) bond motifs is 3. The molecule has 0 spiro atoms. The molecule has 6 atom stereocenters. The minimum Gasteiger partial charge on any atom is -0.508 e. The van der Waals surface area contributed by atoms with Gasteiger partial charge in [0.25, 0.3) is 0 Å². The topological polar surface area (TPSA) is 210 Å². The molecule has 0 saturated heterocycles. The van der Waals surface area contributed by atoms with Gasteiger partial charge in [-0.05, 0) is 124 Å². The zero-order valence-corrected chi connectivity index (χ0v) is 35.8. The standard InChI is InChI=1S/C56H42O12/c57-35-10-4-29(5-11-35)54-50(33-18-38(60)23-39(61)19-33)44-22-32(46(65)27-48(44)67-54)3-1-28-2-16-47-43(17-28)52(56(66-47)31-8-14-37(59)15-9-31)45-25-42(64)26-49-53(45)51(34-20-40(62)24-41(63)21-34)55(68-49)30-6-12-36(58)13-7-30/h1-27,50-52,54-65H/t50-,51+,52+,54+,55-,56+/m0/s1. The summed E-state index contributed by atoms with van der Waals surface area (Å²) in [6.07, 6.45) is 1.62. The molecule has 0 bridgehead atoms. The molecule has 338 valence electrons. The summed E-state index contributed by atoms with van der Waals surface area (Å²) in [6.45, 7) is 0. The van der Waals surface area contributed by atoms with Crippen molar-refractivity contribution in [3.05, 3.63) is 213 Å². The summed E-state index contributed by atoms with van der Waals surface area (Å²) in [6, 6.07) is 40.9. The molecule has 9 N–H and O–H groups in total. The van der Waals surface area contributed by atoms with Crippen LogP contribution in [0.2, 0.25) is 0 Å². The molecule has 12 nitrogen and oxygen atoms in total. The first-order chi connectivity index (χ1) is 32.8. The Hall–Kier alpha value is -8.90. The molecule has 0 aliphatic carbocycles. The first-order valence-corrected chi connectivity index (χ1v) is 21.8. The van der Waals surface area contributed by atoms with Crippen LogP contribution in [0.1, 0.15) is 97.3 Å². The first-order valence-electron chi connectivity index (χ1n) is 21.8. The van der Waals surface area contributed by atoms with E-state index in [0.717, 1.165) is 22.3 Å². The number of phenols is 9. The van der Waals surface area contributed by atoms with Crippen molar-refractivity contribution in [3.8, 4) is 69.0 Å². The van der Waals surface area contributed by atoms with Crippen LogP contribution in [0.15, 0.2) is 152 Å². The number of hydrogen-bond donors (Lipinski definition) is 9. The van der Waals surface area contributed by atoms with Crippen molar-refractivity contribution in [1.82, 2.24) is 0 Å². The lowest BCUT2D eigenvalue weighted by Gasteiger charge is -2.26. The van der Waals surface area contributed by atoms with Gasteiger partial charge in [0.15, 0.2) is 0 Å². The van der Waals surface area contributed by atoms with Crippen LogP contribution in [0, 0.1) is 0 Å². The lowest BCUT2D eigenvalue weighted by molar-refractivity contribution is 0.220. The molecule has 0 radical (unpaired) electrons. The Morgan fingerprint density at radius 2 is 0.765 bits per heavy atom. The molecule has 8 aromatic rings. The van der Waals surface area contributed by atoms with Crippen molar-refractivity contribution >= 4 is 12.2 Å². The molecule has 68 heavy (non-hydrogen) atoms. The van der Waals surface area contributed by atoms with Gasteiger partial charge in [-0.15, -0.1) is 0 Å². The SMILES string of the molecule is Oc1ccc([C@H]2Oc3ccc(C=Cc4cc5c(cc4O)O[C@H](c4ccc(O)cc4)[C@H]5c4cc(O)cc(O)c4)cc3[C@@H]2c2cc(O)cc3c2[C@@H](c2cc(O)cc(O)c2)[C@H](c2ccc(O)cc2)O3)cc1. The molecule has 11 rings (SSSR count). The van der Waals surface area contributed by atoms with Crippen LogP contribution in [-0.4, -0.2) is 46.0 Å². The van der Waals surface area contributed by atoms with Crippen molar-refractivity contribution in [1.29, 1.82) is 0 Å². The second-order valence-corrected chi connectivity index (χ2v) is 17.4. The van der Waals surface area contributed by atoms with Gasteiger partial charge in [-0.25, -0.2) is 0 Å². The van der Waals surface area contributed by atoms with Crippen molar-refractivity contribution in [2.24, 2.45) is 0 Å². The molecule has 12 heteroatoms. The summed E-state index contributed by atoms with van der Waals surface area (Å²) < 4.78 is 19.9. The molecule has 8 aromatic carbocycles. The van der Waals surface area contributed by atoms with Crippen LogP contribution < -0.4 is 14.2 Å². The lowest BCUT2D eigenvalue weighted by Crippen LogP contribution is -2.16. The summed E-state index contributed by atoms with van der Waals surface area (Å²) in [5.74, 6) is -0.861. The fourth-order valence-corrected chi connectivity index (χ4v) is 10.1. The minimum absolute atomic E-state index is 0.0545. The second kappa shape index (κ2) is 16.2. The Labute approximate surface area is 389 Å². The van der Waals surface area contributed by atoms with Gasteiger partial charge in [0.05, 0.1) is 17.8 Å². The number of ether oxygens (including phenoxy) is 3. The molecule has 0 aromatic heterocycles. The average Bonchev–Trinajstić information content (AvgIpc) is 3.99. The van der Waals surface area contributed by atoms with E-state index in [1.165, 1.54) is 18.2 Å². The fourth-order valence-electron chi connectivity index (χ4n) is 10.1. The zero-order chi connectivity index (χ0) is 47.0. The summed E-state index contributed by atoms with van der Waals surface area (Å²) in [7, 11) is 0. The largest absolute Gasteiger partial charge is 0.508 e. The monoisotopic (exact) mass is 906 g/mol. The molecule has 3 aliphatic rings. The zero-order valence-electron chi connectivity index (χ0n) is 35.8. The Morgan fingerprint density at radius 3 is 1.32 bits per heavy atom. The summed E-state index contributed by atoms with van der Waals surface area (Å²) >= 11 is 0. The van der Waals surface area contributed by atoms with E-state index in [1.54, 1.807) is 115 Å². The van der Waals surface area contributed by atoms with Crippen LogP contribution in [0.3, 0.4) is 0 Å². The van der Waals surface area contributed by atoms with Crippen LogP contribution in [0.4, 0.5) is 0 Å². The van der Waals surface area contributed by atoms with Gasteiger partial charge in [0.1, 0.15) is 87.3 Å². The Balaban J connectivity index is 1.02. The summed E-state index contributed by atoms with van der Waals surface area (Å²) in [5.41, 5.74) is 7.28. The highest BCUT2D eigenvalue weighted by Crippen LogP contribution is 2.59. The average molecular weight is 907 g/mol. The highest BCUT2D eigenvalue weighted by molar-refractivity contribution is 5.76. The predicted molar refractivity (Wildman–Crippen MR) is 251 cm³/mol. The van der Waals surface area contributed by atoms with Crippen molar-refractivity contribution in [2.45, 2.75) is 36.1 Å². The van der Waals surface area contributed by atoms with Crippen LogP contribution >= 0.6 is 0 Å². The Morgan fingerprint density at radius 1 is 0.309 bits per heavy atom. The summed E-state index contributed by atoms with van der Waals surface area (Å²) in [5, 5.41) is 96.0. The Kier molecular flexibility index (Phi) is 9.96. The quantitative estimate of drug-likeness (QED) is 0.0652. The highest BCUT2D eigenvalue weighted by atomic mass is 16.5. The molecule has 0 saturated carbocycles. The van der Waals surface area contributed by atoms with Gasteiger partial charge in [0, 0.05) is 46.5 Å². The van der Waals surface area contributed by atoms with E-state index in [0.29, 0.717) is 56.2 Å². The number of hydrogen-bond acceptors (Lipinski definition) is 12. The maximum absolute atomic E-state index is 11.4. The molecule has 0 unspecified atom stereocenters. The number of aromatic hydroxyl groups is 9. The molecule has 0 fully saturated rings. The minimum atomic E-state index is -0.713. The molecule has 0 amide bonds. The van der Waals surface area contributed by atoms with Crippen LogP contribution in [-0.2, 0) is 0 Å². The van der Waals surface area contributed by atoms with E-state index in [4.69, 9.17) is 14.2 Å². The van der Waals surface area contributed by atoms with Gasteiger partial charge in [-0.1, -0.05) is 54.6 Å². The van der Waals surface area contributed by atoms with Gasteiger partial charge in [-0.2, -0.15) is 0 Å². The number of benzene rings is 8. The van der Waals surface area contributed by atoms with Crippen LogP contribution in [0.25, 0.3) is 12.2 Å². The van der Waals surface area contributed by atoms with Gasteiger partial charge >= 0.3 is 0 Å². The van der Waals surface area contributed by atoms with E-state index >= 15 is 0 Å². The third-order valence-electron chi connectivity index (χ3n) is 13.0. The molecular formula is C56H42O12. The maximum Gasteiger partial charge on any atom is 0.135 e. The van der Waals surface area contributed by atoms with Crippen molar-refractivity contribution in [3.63, 3.8) is 0 Å². The van der Waals surface area contributed by atoms with E-state index in [-0.39, 0.29) is 51.7 Å². The number of rotatable bonds is 8. The smallest absolute Gasteiger partial charge is 0.135 e. The van der Waals surface area contributed by atoms with Gasteiger partial charge < -0.3 is 60.2 Å². The lowest BCUT2D eigenvalue weighted by atomic mass is 9.76. The first kappa shape index (κ1) is 41.8. The molecular weight excluding hydrogens is 865 g/mol. The maximum atomic E-state index is 11.4. The van der Waals surface area contributed by atoms with Crippen molar-refractivity contribution < 1.29 is 60.2 Å². The predicted octanol–water partition coefficient (Wildman–Crippen LogP) is 11.0. The normalized spacial score (nSPS) is 20.0. The third kappa shape index (κ3) is 7.47. The van der Waals surface area contributed by atoms with Crippen LogP contribution in [0.5, 0.6) is 69.0 Å². The van der Waals surface area contributed by atoms with Gasteiger partial charge in [-0.3, -0.25) is 0 Å². The Bertz CT molecular complexity index is 3250. The highest BCUT2D eigenvalue weighted by Gasteiger charge is 2.45. The molecule has 3 heterocycles. The van der Waals surface area contributed by atoms with Gasteiger partial charge in [0.2, 0.25) is 0 Å². The van der Waals surface area contributed by atoms with E-state index in [1.807, 2.05) is 30.3 Å². The second-order valence-electron chi connectivity index (χ2n) is 17.4. The van der Waals surface area contributed by atoms with Crippen molar-refractivity contribution in [2.75, 3.05) is 0 Å².